The Morgan fingerprint density at radius 3 is 2.62 bits per heavy atom. The number of rotatable bonds is 7. The minimum Gasteiger partial charge on any atom is -0.481 e. The number of H-pyrrole nitrogens is 1. The summed E-state index contributed by atoms with van der Waals surface area (Å²) in [7, 11) is 0. The lowest BCUT2D eigenvalue weighted by molar-refractivity contribution is -0.150. The highest BCUT2D eigenvalue weighted by Crippen LogP contribution is 2.28. The van der Waals surface area contributed by atoms with Crippen molar-refractivity contribution in [2.24, 2.45) is 0 Å². The molecular formula is C14H17FN2O9. The summed E-state index contributed by atoms with van der Waals surface area (Å²) >= 11 is 0. The van der Waals surface area contributed by atoms with E-state index >= 15 is 0 Å². The summed E-state index contributed by atoms with van der Waals surface area (Å²) in [4.78, 5) is 46.3. The van der Waals surface area contributed by atoms with Crippen LogP contribution in [0.1, 0.15) is 25.5 Å². The number of aromatic nitrogens is 2. The number of aliphatic hydroxyl groups is 2. The number of hydrogen-bond acceptors (Lipinski definition) is 8. The fourth-order valence-corrected chi connectivity index (χ4v) is 2.38. The van der Waals surface area contributed by atoms with E-state index < -0.39 is 60.2 Å². The predicted octanol–water partition coefficient (Wildman–Crippen LogP) is -1.91. The number of ether oxygens (including phenoxy) is 2. The molecule has 1 aromatic heterocycles. The molecule has 0 amide bonds. The third-order valence-electron chi connectivity index (χ3n) is 3.72. The first-order chi connectivity index (χ1) is 12.2. The Morgan fingerprint density at radius 1 is 1.27 bits per heavy atom. The van der Waals surface area contributed by atoms with Gasteiger partial charge in [0.2, 0.25) is 5.82 Å². The number of carbonyl (C=O) groups is 2. The molecule has 0 bridgehead atoms. The van der Waals surface area contributed by atoms with E-state index in [9.17, 15) is 33.8 Å². The van der Waals surface area contributed by atoms with Crippen molar-refractivity contribution in [1.82, 2.24) is 9.55 Å². The molecule has 0 spiro atoms. The molecule has 12 heteroatoms. The molecule has 1 saturated heterocycles. The van der Waals surface area contributed by atoms with Crippen molar-refractivity contribution in [1.29, 1.82) is 0 Å². The normalized spacial score (nSPS) is 25.2. The number of aliphatic carboxylic acids is 1. The molecule has 2 rings (SSSR count). The number of nitrogens with one attached hydrogen (secondary N) is 1. The highest BCUT2D eigenvalue weighted by Gasteiger charge is 2.44. The molecule has 4 atom stereocenters. The van der Waals surface area contributed by atoms with E-state index in [1.54, 1.807) is 4.98 Å². The van der Waals surface area contributed by atoms with Crippen LogP contribution in [0.15, 0.2) is 15.8 Å². The Hall–Kier alpha value is -2.57. The van der Waals surface area contributed by atoms with Crippen LogP contribution in [-0.2, 0) is 19.1 Å². The number of carboxylic acids is 1. The molecule has 0 radical (unpaired) electrons. The second kappa shape index (κ2) is 8.21. The number of hydrogen-bond donors (Lipinski definition) is 4. The predicted molar refractivity (Wildman–Crippen MR) is 79.7 cm³/mol. The molecule has 144 valence electrons. The van der Waals surface area contributed by atoms with E-state index in [1.165, 1.54) is 0 Å². The van der Waals surface area contributed by atoms with Crippen LogP contribution in [0.3, 0.4) is 0 Å². The molecule has 1 aliphatic rings. The van der Waals surface area contributed by atoms with Gasteiger partial charge in [-0.25, -0.2) is 4.79 Å². The van der Waals surface area contributed by atoms with E-state index in [-0.39, 0.29) is 19.3 Å². The quantitative estimate of drug-likeness (QED) is 0.397. The van der Waals surface area contributed by atoms with Crippen molar-refractivity contribution in [3.63, 3.8) is 0 Å². The van der Waals surface area contributed by atoms with Crippen LogP contribution in [0, 0.1) is 5.82 Å². The molecule has 1 aliphatic heterocycles. The highest BCUT2D eigenvalue weighted by molar-refractivity contribution is 5.71. The van der Waals surface area contributed by atoms with Crippen molar-refractivity contribution in [2.75, 3.05) is 6.61 Å². The number of nitrogens with zero attached hydrogens (tertiary/aromatic N) is 1. The number of halogens is 1. The van der Waals surface area contributed by atoms with Crippen molar-refractivity contribution in [3.05, 3.63) is 32.9 Å². The standard InChI is InChI=1S/C14H17FN2O9/c15-6-4-17(14(24)16-12(6)23)13-11(22)10(21)7(26-13)5-25-9(20)3-1-2-8(18)19/h4,7,10-11,13,21-22H,1-3,5H2,(H,18,19)(H,16,23,24)/t7-,10-,11-,13-/m1/s1. The highest BCUT2D eigenvalue weighted by atomic mass is 19.1. The number of esters is 1. The number of carboxylic acid groups (broad SMARTS) is 1. The lowest BCUT2D eigenvalue weighted by Gasteiger charge is -2.16. The van der Waals surface area contributed by atoms with Gasteiger partial charge in [-0.05, 0) is 6.42 Å². The maximum atomic E-state index is 13.3. The molecule has 11 nitrogen and oxygen atoms in total. The number of carbonyl (C=O) groups excluding carboxylic acids is 1. The minimum atomic E-state index is -1.64. The van der Waals surface area contributed by atoms with Crippen LogP contribution in [0.5, 0.6) is 0 Å². The molecule has 0 aromatic carbocycles. The molecule has 26 heavy (non-hydrogen) atoms. The van der Waals surface area contributed by atoms with Crippen LogP contribution in [0.2, 0.25) is 0 Å². The lowest BCUT2D eigenvalue weighted by atomic mass is 10.1. The summed E-state index contributed by atoms with van der Waals surface area (Å²) in [6, 6.07) is 0. The lowest BCUT2D eigenvalue weighted by Crippen LogP contribution is -2.38. The first-order valence-electron chi connectivity index (χ1n) is 7.60. The third kappa shape index (κ3) is 4.53. The van der Waals surface area contributed by atoms with Gasteiger partial charge in [-0.1, -0.05) is 0 Å². The first kappa shape index (κ1) is 19.8. The molecule has 1 aromatic rings. The summed E-state index contributed by atoms with van der Waals surface area (Å²) in [5, 5.41) is 28.4. The van der Waals surface area contributed by atoms with Gasteiger partial charge in [-0.3, -0.25) is 23.9 Å². The molecule has 0 unspecified atom stereocenters. The third-order valence-corrected chi connectivity index (χ3v) is 3.72. The maximum absolute atomic E-state index is 13.3. The minimum absolute atomic E-state index is 0.0690. The average molecular weight is 376 g/mol. The van der Waals surface area contributed by atoms with Crippen molar-refractivity contribution < 1.29 is 38.8 Å². The zero-order valence-corrected chi connectivity index (χ0v) is 13.3. The first-order valence-corrected chi connectivity index (χ1v) is 7.60. The van der Waals surface area contributed by atoms with Gasteiger partial charge in [0.15, 0.2) is 6.23 Å². The Morgan fingerprint density at radius 2 is 1.96 bits per heavy atom. The number of aliphatic hydroxyl groups excluding tert-OH is 2. The van der Waals surface area contributed by atoms with Gasteiger partial charge in [0.25, 0.3) is 5.56 Å². The zero-order valence-electron chi connectivity index (χ0n) is 13.3. The second-order valence-electron chi connectivity index (χ2n) is 5.62. The summed E-state index contributed by atoms with van der Waals surface area (Å²) in [6.07, 6.45) is -5.67. The van der Waals surface area contributed by atoms with Gasteiger partial charge in [-0.2, -0.15) is 4.39 Å². The molecule has 2 heterocycles. The average Bonchev–Trinajstić information content (AvgIpc) is 2.84. The summed E-state index contributed by atoms with van der Waals surface area (Å²) in [5.41, 5.74) is -2.30. The van der Waals surface area contributed by atoms with E-state index in [4.69, 9.17) is 14.6 Å². The van der Waals surface area contributed by atoms with E-state index in [2.05, 4.69) is 0 Å². The molecule has 0 saturated carbocycles. The SMILES string of the molecule is O=C(O)CCCC(=O)OC[C@H]1O[C@@H](n2cc(F)c(=O)[nH]c2=O)[C@H](O)[C@@H]1O. The van der Waals surface area contributed by atoms with Crippen LogP contribution >= 0.6 is 0 Å². The van der Waals surface area contributed by atoms with Gasteiger partial charge < -0.3 is 24.8 Å². The van der Waals surface area contributed by atoms with Gasteiger partial charge >= 0.3 is 17.6 Å². The molecular weight excluding hydrogens is 359 g/mol. The Kier molecular flexibility index (Phi) is 6.23. The Labute approximate surface area is 144 Å². The monoisotopic (exact) mass is 376 g/mol. The molecule has 4 N–H and O–H groups in total. The van der Waals surface area contributed by atoms with E-state index in [1.807, 2.05) is 0 Å². The largest absolute Gasteiger partial charge is 0.481 e. The van der Waals surface area contributed by atoms with Gasteiger partial charge in [0, 0.05) is 12.8 Å². The zero-order chi connectivity index (χ0) is 19.4. The van der Waals surface area contributed by atoms with Crippen LogP contribution in [0.4, 0.5) is 4.39 Å². The number of aromatic amines is 1. The summed E-state index contributed by atoms with van der Waals surface area (Å²) < 4.78 is 24.0. The van der Waals surface area contributed by atoms with Gasteiger partial charge in [0.1, 0.15) is 24.9 Å². The van der Waals surface area contributed by atoms with Crippen LogP contribution < -0.4 is 11.2 Å². The van der Waals surface area contributed by atoms with E-state index in [0.717, 1.165) is 0 Å². The molecule has 1 fully saturated rings. The smallest absolute Gasteiger partial charge is 0.330 e. The van der Waals surface area contributed by atoms with Crippen molar-refractivity contribution in [2.45, 2.75) is 43.8 Å². The van der Waals surface area contributed by atoms with E-state index in [0.29, 0.717) is 10.8 Å². The maximum Gasteiger partial charge on any atom is 0.330 e. The summed E-state index contributed by atoms with van der Waals surface area (Å²) in [5.74, 6) is -3.08. The van der Waals surface area contributed by atoms with Crippen molar-refractivity contribution >= 4 is 11.9 Å². The van der Waals surface area contributed by atoms with Crippen molar-refractivity contribution in [3.8, 4) is 0 Å². The molecule has 0 aliphatic carbocycles. The Bertz CT molecular complexity index is 789. The summed E-state index contributed by atoms with van der Waals surface area (Å²) in [6.45, 7) is -0.471. The second-order valence-corrected chi connectivity index (χ2v) is 5.62. The van der Waals surface area contributed by atoms with Crippen LogP contribution in [-0.4, -0.2) is 61.7 Å². The van der Waals surface area contributed by atoms with Gasteiger partial charge in [-0.15, -0.1) is 0 Å². The topological polar surface area (TPSA) is 168 Å². The Balaban J connectivity index is 1.98. The fourth-order valence-electron chi connectivity index (χ4n) is 2.38. The van der Waals surface area contributed by atoms with Crippen LogP contribution in [0.25, 0.3) is 0 Å². The fraction of sp³-hybridized carbons (Fsp3) is 0.571. The van der Waals surface area contributed by atoms with Gasteiger partial charge in [0.05, 0.1) is 6.20 Å².